The van der Waals surface area contributed by atoms with Gasteiger partial charge in [-0.05, 0) is 52.9 Å². The second-order valence-electron chi connectivity index (χ2n) is 8.59. The number of rotatable bonds is 5. The van der Waals surface area contributed by atoms with Crippen molar-refractivity contribution in [3.63, 3.8) is 0 Å². The Balaban J connectivity index is 1.26. The second kappa shape index (κ2) is 8.53. The Labute approximate surface area is 198 Å². The molecule has 0 fully saturated rings. The Kier molecular flexibility index (Phi) is 5.39. The van der Waals surface area contributed by atoms with Crippen molar-refractivity contribution < 1.29 is 9.59 Å². The number of carbonyl (C=O) groups excluding carboxylic acids is 2. The zero-order chi connectivity index (χ0) is 23.8. The third-order valence-corrected chi connectivity index (χ3v) is 6.51. The van der Waals surface area contributed by atoms with Gasteiger partial charge in [0.05, 0.1) is 11.4 Å². The maximum absolute atomic E-state index is 12.9. The summed E-state index contributed by atoms with van der Waals surface area (Å²) in [4.78, 5) is 29.2. The highest BCUT2D eigenvalue weighted by atomic mass is 16.2. The minimum atomic E-state index is -0.344. The Hall–Kier alpha value is -4.37. The van der Waals surface area contributed by atoms with E-state index in [-0.39, 0.29) is 30.1 Å². The van der Waals surface area contributed by atoms with Crippen molar-refractivity contribution in [2.24, 2.45) is 0 Å². The number of hydrogen-bond acceptors (Lipinski definition) is 5. The molecule has 34 heavy (non-hydrogen) atoms. The van der Waals surface area contributed by atoms with E-state index in [1.165, 1.54) is 22.3 Å². The van der Waals surface area contributed by atoms with E-state index in [0.717, 1.165) is 17.8 Å². The predicted octanol–water partition coefficient (Wildman–Crippen LogP) is 4.87. The van der Waals surface area contributed by atoms with Gasteiger partial charge in [-0.25, -0.2) is 0 Å². The van der Waals surface area contributed by atoms with Crippen LogP contribution < -0.4 is 15.1 Å². The van der Waals surface area contributed by atoms with Crippen LogP contribution in [0, 0.1) is 11.3 Å². The Bertz CT molecular complexity index is 1370. The van der Waals surface area contributed by atoms with Crippen molar-refractivity contribution in [2.45, 2.75) is 19.3 Å². The third kappa shape index (κ3) is 3.61. The molecule has 0 spiro atoms. The number of nitriles is 1. The quantitative estimate of drug-likeness (QED) is 0.348. The number of Topliss-reactive ketones (excluding diaryl/α,β-unsaturated/α-hetero) is 1. The number of nitrogens with one attached hydrogen (secondary N) is 1. The van der Waals surface area contributed by atoms with Crippen molar-refractivity contribution in [1.82, 2.24) is 0 Å². The number of anilines is 3. The number of allylic oxidation sites excluding steroid dienone is 1. The molecule has 2 aliphatic rings. The summed E-state index contributed by atoms with van der Waals surface area (Å²) in [6.45, 7) is 0. The Morgan fingerprint density at radius 2 is 1.53 bits per heavy atom. The highest BCUT2D eigenvalue weighted by molar-refractivity contribution is 6.04. The smallest absolute Gasteiger partial charge is 0.224 e. The number of nitrogens with zero attached hydrogens (tertiary/aromatic N) is 3. The molecule has 0 radical (unpaired) electrons. The van der Waals surface area contributed by atoms with E-state index in [0.29, 0.717) is 11.5 Å². The topological polar surface area (TPSA) is 76.4 Å². The molecule has 1 heterocycles. The number of carbonyl (C=O) groups is 2. The molecular formula is C28H24N4O2. The van der Waals surface area contributed by atoms with Gasteiger partial charge >= 0.3 is 0 Å². The van der Waals surface area contributed by atoms with Gasteiger partial charge < -0.3 is 15.1 Å². The highest BCUT2D eigenvalue weighted by Gasteiger charge is 2.31. The summed E-state index contributed by atoms with van der Waals surface area (Å²) in [7, 11) is 3.67. The SMILES string of the molecule is CN1C(=C(C#N)C(=O)CCC(=O)Nc2ccc3c(c2)Cc2ccccc2-3)N(C)c2ccccc21. The van der Waals surface area contributed by atoms with Crippen LogP contribution in [0.15, 0.2) is 78.1 Å². The molecule has 3 aromatic carbocycles. The van der Waals surface area contributed by atoms with Gasteiger partial charge in [0, 0.05) is 32.6 Å². The van der Waals surface area contributed by atoms with Crippen LogP contribution in [-0.2, 0) is 16.0 Å². The monoisotopic (exact) mass is 448 g/mol. The zero-order valence-corrected chi connectivity index (χ0v) is 19.1. The van der Waals surface area contributed by atoms with Gasteiger partial charge in [0.15, 0.2) is 5.78 Å². The van der Waals surface area contributed by atoms with E-state index in [2.05, 4.69) is 23.5 Å². The van der Waals surface area contributed by atoms with E-state index in [1.54, 1.807) is 0 Å². The molecule has 1 aliphatic carbocycles. The van der Waals surface area contributed by atoms with Gasteiger partial charge in [-0.2, -0.15) is 5.26 Å². The number of para-hydroxylation sites is 2. The van der Waals surface area contributed by atoms with E-state index >= 15 is 0 Å². The fourth-order valence-electron chi connectivity index (χ4n) is 4.86. The largest absolute Gasteiger partial charge is 0.328 e. The lowest BCUT2D eigenvalue weighted by Gasteiger charge is -2.19. The standard InChI is InChI=1S/C28H24N4O2/c1-31-24-9-5-6-10-25(24)32(2)28(31)23(17-29)26(33)13-14-27(34)30-20-11-12-22-19(16-20)15-18-7-3-4-8-21(18)22/h3-12,16H,13-15H2,1-2H3,(H,30,34). The van der Waals surface area contributed by atoms with Gasteiger partial charge in [0.2, 0.25) is 5.91 Å². The van der Waals surface area contributed by atoms with E-state index in [1.807, 2.05) is 78.5 Å². The van der Waals surface area contributed by atoms with Gasteiger partial charge in [-0.3, -0.25) is 9.59 Å². The van der Waals surface area contributed by atoms with Crippen LogP contribution in [0.2, 0.25) is 0 Å². The molecule has 5 rings (SSSR count). The number of hydrogen-bond donors (Lipinski definition) is 1. The van der Waals surface area contributed by atoms with Crippen LogP contribution >= 0.6 is 0 Å². The fourth-order valence-corrected chi connectivity index (χ4v) is 4.86. The van der Waals surface area contributed by atoms with Crippen LogP contribution in [0.4, 0.5) is 17.1 Å². The average Bonchev–Trinajstić information content (AvgIpc) is 3.33. The summed E-state index contributed by atoms with van der Waals surface area (Å²) in [5, 5.41) is 12.7. The summed E-state index contributed by atoms with van der Waals surface area (Å²) in [5.41, 5.74) is 7.53. The first-order valence-corrected chi connectivity index (χ1v) is 11.2. The van der Waals surface area contributed by atoms with Crippen molar-refractivity contribution in [3.8, 4) is 17.2 Å². The first kappa shape index (κ1) is 21.5. The molecule has 6 heteroatoms. The molecule has 0 unspecified atom stereocenters. The first-order chi connectivity index (χ1) is 16.5. The van der Waals surface area contributed by atoms with Crippen LogP contribution in [0.25, 0.3) is 11.1 Å². The lowest BCUT2D eigenvalue weighted by molar-refractivity contribution is -0.120. The van der Waals surface area contributed by atoms with Gasteiger partial charge in [-0.15, -0.1) is 0 Å². The second-order valence-corrected chi connectivity index (χ2v) is 8.59. The number of ketones is 1. The minimum Gasteiger partial charge on any atom is -0.328 e. The lowest BCUT2D eigenvalue weighted by Crippen LogP contribution is -2.26. The predicted molar refractivity (Wildman–Crippen MR) is 133 cm³/mol. The summed E-state index contributed by atoms with van der Waals surface area (Å²) in [6.07, 6.45) is 0.817. The third-order valence-electron chi connectivity index (χ3n) is 6.51. The molecule has 0 atom stereocenters. The molecule has 0 saturated heterocycles. The Morgan fingerprint density at radius 1 is 0.882 bits per heavy atom. The zero-order valence-electron chi connectivity index (χ0n) is 19.1. The van der Waals surface area contributed by atoms with Crippen molar-refractivity contribution in [3.05, 3.63) is 89.3 Å². The molecule has 0 saturated carbocycles. The molecule has 0 aromatic heterocycles. The highest BCUT2D eigenvalue weighted by Crippen LogP contribution is 2.40. The van der Waals surface area contributed by atoms with E-state index in [9.17, 15) is 14.9 Å². The molecule has 1 amide bonds. The normalized spacial score (nSPS) is 13.1. The van der Waals surface area contributed by atoms with Crippen molar-refractivity contribution in [2.75, 3.05) is 29.2 Å². The number of benzene rings is 3. The summed E-state index contributed by atoms with van der Waals surface area (Å²) in [5.74, 6) is -0.0571. The van der Waals surface area contributed by atoms with Crippen molar-refractivity contribution in [1.29, 1.82) is 5.26 Å². The average molecular weight is 449 g/mol. The van der Waals surface area contributed by atoms with Crippen LogP contribution in [-0.4, -0.2) is 25.8 Å². The first-order valence-electron chi connectivity index (χ1n) is 11.2. The van der Waals surface area contributed by atoms with Gasteiger partial charge in [0.25, 0.3) is 0 Å². The molecule has 0 bridgehead atoms. The molecule has 1 aliphatic heterocycles. The van der Waals surface area contributed by atoms with Crippen LogP contribution in [0.1, 0.15) is 24.0 Å². The summed E-state index contributed by atoms with van der Waals surface area (Å²) >= 11 is 0. The van der Waals surface area contributed by atoms with Crippen molar-refractivity contribution >= 4 is 28.8 Å². The summed E-state index contributed by atoms with van der Waals surface area (Å²) in [6, 6.07) is 24.0. The molecular weight excluding hydrogens is 424 g/mol. The molecule has 6 nitrogen and oxygen atoms in total. The van der Waals surface area contributed by atoms with Crippen LogP contribution in [0.3, 0.4) is 0 Å². The maximum Gasteiger partial charge on any atom is 0.224 e. The number of fused-ring (bicyclic) bond motifs is 4. The maximum atomic E-state index is 12.9. The molecule has 3 aromatic rings. The van der Waals surface area contributed by atoms with Gasteiger partial charge in [0.1, 0.15) is 17.5 Å². The Morgan fingerprint density at radius 3 is 2.24 bits per heavy atom. The minimum absolute atomic E-state index is 0.00891. The van der Waals surface area contributed by atoms with Crippen LogP contribution in [0.5, 0.6) is 0 Å². The van der Waals surface area contributed by atoms with Gasteiger partial charge in [-0.1, -0.05) is 42.5 Å². The van der Waals surface area contributed by atoms with E-state index in [4.69, 9.17) is 0 Å². The summed E-state index contributed by atoms with van der Waals surface area (Å²) < 4.78 is 0. The lowest BCUT2D eigenvalue weighted by atomic mass is 10.1. The molecule has 168 valence electrons. The van der Waals surface area contributed by atoms with E-state index < -0.39 is 0 Å². The number of amides is 1. The molecule has 1 N–H and O–H groups in total. The fraction of sp³-hybridized carbons (Fsp3) is 0.179.